The Kier molecular flexibility index (Phi) is 6.97. The summed E-state index contributed by atoms with van der Waals surface area (Å²) in [6, 6.07) is 18.0. The Balaban J connectivity index is 1.25. The molecule has 2 fully saturated rings. The monoisotopic (exact) mass is 542 g/mol. The number of benzene rings is 2. The molecule has 1 unspecified atom stereocenters. The molecule has 1 aliphatic carbocycles. The van der Waals surface area contributed by atoms with Crippen LogP contribution in [0.15, 0.2) is 73.1 Å². The molecule has 2 N–H and O–H groups in total. The fourth-order valence-corrected chi connectivity index (χ4v) is 5.70. The van der Waals surface area contributed by atoms with Crippen LogP contribution in [0.1, 0.15) is 25.3 Å². The molecule has 39 heavy (non-hydrogen) atoms. The lowest BCUT2D eigenvalue weighted by Crippen LogP contribution is -2.28. The van der Waals surface area contributed by atoms with Gasteiger partial charge in [0.25, 0.3) is 0 Å². The number of carbonyl (C=O) groups excluding carboxylic acids is 1. The van der Waals surface area contributed by atoms with Gasteiger partial charge in [0.15, 0.2) is 0 Å². The number of fused-ring (bicyclic) bond motifs is 1. The van der Waals surface area contributed by atoms with Crippen LogP contribution in [0.3, 0.4) is 0 Å². The molecule has 1 aliphatic heterocycles. The van der Waals surface area contributed by atoms with Gasteiger partial charge in [0, 0.05) is 37.3 Å². The molecule has 0 bridgehead atoms. The third-order valence-corrected chi connectivity index (χ3v) is 7.91. The van der Waals surface area contributed by atoms with Crippen molar-refractivity contribution >= 4 is 34.4 Å². The summed E-state index contributed by atoms with van der Waals surface area (Å²) < 4.78 is 7.96. The molecule has 1 atom stereocenters. The average Bonchev–Trinajstić information content (AvgIpc) is 3.61. The molecular formula is C30H31ClN6O2. The number of amides is 1. The minimum atomic E-state index is -0.0183. The number of hydrogen-bond acceptors (Lipinski definition) is 6. The summed E-state index contributed by atoms with van der Waals surface area (Å²) in [5.41, 5.74) is 8.71. The van der Waals surface area contributed by atoms with Crippen LogP contribution in [-0.2, 0) is 4.79 Å². The molecule has 1 saturated heterocycles. The van der Waals surface area contributed by atoms with E-state index in [1.807, 2.05) is 70.1 Å². The Labute approximate surface area is 232 Å². The van der Waals surface area contributed by atoms with Crippen molar-refractivity contribution in [3.63, 3.8) is 0 Å². The minimum absolute atomic E-state index is 0.0183. The number of likely N-dealkylation sites (tertiary alicyclic amines) is 1. The zero-order chi connectivity index (χ0) is 26.9. The van der Waals surface area contributed by atoms with Crippen molar-refractivity contribution in [3.8, 4) is 22.6 Å². The summed E-state index contributed by atoms with van der Waals surface area (Å²) in [5, 5.41) is 1.25. The molecule has 8 nitrogen and oxygen atoms in total. The van der Waals surface area contributed by atoms with E-state index < -0.39 is 0 Å². The van der Waals surface area contributed by atoms with Gasteiger partial charge in [0.2, 0.25) is 5.91 Å². The SMILES string of the molecule is CN(CC=CC(=O)N1CCC(n2c(Cl)c(-c3ccc(Oc4ccccc4)cc3)c3c(N)ncnc32)C1)C1CC1. The van der Waals surface area contributed by atoms with Crippen LogP contribution in [0.4, 0.5) is 5.82 Å². The Bertz CT molecular complexity index is 1510. The molecule has 0 radical (unpaired) electrons. The van der Waals surface area contributed by atoms with Crippen LogP contribution in [0.25, 0.3) is 22.2 Å². The fourth-order valence-electron chi connectivity index (χ4n) is 5.28. The highest BCUT2D eigenvalue weighted by atomic mass is 35.5. The molecule has 3 heterocycles. The molecule has 200 valence electrons. The first kappa shape index (κ1) is 25.4. The standard InChI is InChI=1S/C30H31ClN6O2/c1-35(21-11-12-21)16-5-8-25(38)36-17-15-22(18-36)37-28(31)26(27-29(32)33-19-34-30(27)37)20-9-13-24(14-10-20)39-23-6-3-2-4-7-23/h2-10,13-14,19,21-22H,11-12,15-18H2,1H3,(H2,32,33,34). The first-order valence-corrected chi connectivity index (χ1v) is 13.7. The normalized spacial score (nSPS) is 17.5. The molecule has 2 aliphatic rings. The predicted molar refractivity (Wildman–Crippen MR) is 154 cm³/mol. The summed E-state index contributed by atoms with van der Waals surface area (Å²) in [6.45, 7) is 2.00. The molecule has 6 rings (SSSR count). The maximum absolute atomic E-state index is 12.9. The summed E-state index contributed by atoms with van der Waals surface area (Å²) in [5.74, 6) is 1.88. The van der Waals surface area contributed by atoms with Gasteiger partial charge in [-0.2, -0.15) is 0 Å². The number of rotatable bonds is 8. The van der Waals surface area contributed by atoms with Gasteiger partial charge in [0.05, 0.1) is 11.4 Å². The number of carbonyl (C=O) groups is 1. The van der Waals surface area contributed by atoms with E-state index >= 15 is 0 Å². The topological polar surface area (TPSA) is 89.5 Å². The summed E-state index contributed by atoms with van der Waals surface area (Å²) >= 11 is 7.07. The first-order valence-electron chi connectivity index (χ1n) is 13.3. The van der Waals surface area contributed by atoms with Crippen molar-refractivity contribution in [1.82, 2.24) is 24.3 Å². The van der Waals surface area contributed by atoms with E-state index in [2.05, 4.69) is 21.9 Å². The van der Waals surface area contributed by atoms with Crippen molar-refractivity contribution in [2.24, 2.45) is 0 Å². The smallest absolute Gasteiger partial charge is 0.246 e. The zero-order valence-electron chi connectivity index (χ0n) is 21.8. The van der Waals surface area contributed by atoms with Gasteiger partial charge in [-0.15, -0.1) is 0 Å². The van der Waals surface area contributed by atoms with E-state index in [0.717, 1.165) is 35.6 Å². The maximum Gasteiger partial charge on any atom is 0.246 e. The van der Waals surface area contributed by atoms with Crippen molar-refractivity contribution in [1.29, 1.82) is 0 Å². The number of aromatic nitrogens is 3. The Morgan fingerprint density at radius 3 is 2.59 bits per heavy atom. The molecule has 4 aromatic rings. The second-order valence-electron chi connectivity index (χ2n) is 10.2. The highest BCUT2D eigenvalue weighted by molar-refractivity contribution is 6.35. The summed E-state index contributed by atoms with van der Waals surface area (Å²) in [4.78, 5) is 25.9. The molecule has 1 saturated carbocycles. The molecule has 1 amide bonds. The maximum atomic E-state index is 12.9. The zero-order valence-corrected chi connectivity index (χ0v) is 22.6. The van der Waals surface area contributed by atoms with Gasteiger partial charge >= 0.3 is 0 Å². The van der Waals surface area contributed by atoms with Crippen LogP contribution in [0.2, 0.25) is 5.15 Å². The number of anilines is 1. The predicted octanol–water partition coefficient (Wildman–Crippen LogP) is 5.55. The van der Waals surface area contributed by atoms with Gasteiger partial charge in [-0.25, -0.2) is 9.97 Å². The van der Waals surface area contributed by atoms with Crippen molar-refractivity contribution in [2.45, 2.75) is 31.3 Å². The van der Waals surface area contributed by atoms with Crippen LogP contribution >= 0.6 is 11.6 Å². The van der Waals surface area contributed by atoms with Crippen molar-refractivity contribution in [2.75, 3.05) is 32.4 Å². The summed E-state index contributed by atoms with van der Waals surface area (Å²) in [6.07, 6.45) is 8.39. The second-order valence-corrected chi connectivity index (χ2v) is 10.6. The molecule has 2 aromatic carbocycles. The van der Waals surface area contributed by atoms with E-state index in [1.54, 1.807) is 6.08 Å². The molecule has 9 heteroatoms. The third-order valence-electron chi connectivity index (χ3n) is 7.54. The number of para-hydroxylation sites is 1. The number of nitrogen functional groups attached to an aromatic ring is 1. The van der Waals surface area contributed by atoms with Crippen LogP contribution in [0, 0.1) is 0 Å². The van der Waals surface area contributed by atoms with Crippen LogP contribution < -0.4 is 10.5 Å². The van der Waals surface area contributed by atoms with E-state index in [9.17, 15) is 4.79 Å². The third kappa shape index (κ3) is 5.22. The molecular weight excluding hydrogens is 512 g/mol. The fraction of sp³-hybridized carbons (Fsp3) is 0.300. The number of likely N-dealkylation sites (N-methyl/N-ethyl adjacent to an activating group) is 1. The number of halogens is 1. The lowest BCUT2D eigenvalue weighted by atomic mass is 10.1. The van der Waals surface area contributed by atoms with Crippen LogP contribution in [-0.4, -0.2) is 63.0 Å². The number of nitrogens with zero attached hydrogens (tertiary/aromatic N) is 5. The number of nitrogens with two attached hydrogens (primary N) is 1. The van der Waals surface area contributed by atoms with Gasteiger partial charge in [-0.3, -0.25) is 9.69 Å². The van der Waals surface area contributed by atoms with Crippen molar-refractivity contribution in [3.05, 3.63) is 78.2 Å². The quantitative estimate of drug-likeness (QED) is 0.294. The van der Waals surface area contributed by atoms with E-state index in [4.69, 9.17) is 22.1 Å². The first-order chi connectivity index (χ1) is 19.0. The second kappa shape index (κ2) is 10.7. The lowest BCUT2D eigenvalue weighted by Gasteiger charge is -2.17. The van der Waals surface area contributed by atoms with Gasteiger partial charge in [-0.05, 0) is 56.1 Å². The lowest BCUT2D eigenvalue weighted by molar-refractivity contribution is -0.125. The number of ether oxygens (including phenoxy) is 1. The molecule has 0 spiro atoms. The summed E-state index contributed by atoms with van der Waals surface area (Å²) in [7, 11) is 2.10. The van der Waals surface area contributed by atoms with E-state index in [-0.39, 0.29) is 11.9 Å². The molecule has 2 aromatic heterocycles. The highest BCUT2D eigenvalue weighted by Gasteiger charge is 2.32. The minimum Gasteiger partial charge on any atom is -0.457 e. The largest absolute Gasteiger partial charge is 0.457 e. The van der Waals surface area contributed by atoms with E-state index in [0.29, 0.717) is 41.1 Å². The number of hydrogen-bond donors (Lipinski definition) is 1. The van der Waals surface area contributed by atoms with Gasteiger partial charge < -0.3 is 19.9 Å². The Morgan fingerprint density at radius 2 is 1.85 bits per heavy atom. The highest BCUT2D eigenvalue weighted by Crippen LogP contribution is 2.43. The van der Waals surface area contributed by atoms with Crippen LogP contribution in [0.5, 0.6) is 11.5 Å². The van der Waals surface area contributed by atoms with E-state index in [1.165, 1.54) is 19.2 Å². The van der Waals surface area contributed by atoms with Crippen molar-refractivity contribution < 1.29 is 9.53 Å². The van der Waals surface area contributed by atoms with Gasteiger partial charge in [-0.1, -0.05) is 48.0 Å². The average molecular weight is 543 g/mol. The van der Waals surface area contributed by atoms with Gasteiger partial charge in [0.1, 0.15) is 34.4 Å². The Morgan fingerprint density at radius 1 is 1.10 bits per heavy atom. The Hall–Kier alpha value is -3.88.